The Bertz CT molecular complexity index is 653. The third kappa shape index (κ3) is 2.95. The molecule has 21 heavy (non-hydrogen) atoms. The van der Waals surface area contributed by atoms with Crippen molar-refractivity contribution in [3.63, 3.8) is 0 Å². The zero-order valence-corrected chi connectivity index (χ0v) is 12.8. The van der Waals surface area contributed by atoms with Crippen LogP contribution in [0.5, 0.6) is 0 Å². The standard InChI is InChI=1S/C17H23N3O/c1-11-12(2)20-16-7-6-13(9-15(11)16)17(21)19-10-14-5-3-4-8-18-14/h6-7,9,14,18,20H,3-5,8,10H2,1-2H3,(H,19,21). The van der Waals surface area contributed by atoms with Crippen LogP contribution in [0.4, 0.5) is 0 Å². The molecular weight excluding hydrogens is 262 g/mol. The average molecular weight is 285 g/mol. The van der Waals surface area contributed by atoms with E-state index >= 15 is 0 Å². The number of carbonyl (C=O) groups is 1. The second-order valence-electron chi connectivity index (χ2n) is 5.99. The third-order valence-electron chi connectivity index (χ3n) is 4.49. The second-order valence-corrected chi connectivity index (χ2v) is 5.99. The first kappa shape index (κ1) is 14.1. The van der Waals surface area contributed by atoms with Crippen LogP contribution in [0.3, 0.4) is 0 Å². The van der Waals surface area contributed by atoms with Crippen molar-refractivity contribution >= 4 is 16.8 Å². The molecular formula is C17H23N3O. The Morgan fingerprint density at radius 3 is 2.95 bits per heavy atom. The summed E-state index contributed by atoms with van der Waals surface area (Å²) in [5.74, 6) is 0.0162. The summed E-state index contributed by atoms with van der Waals surface area (Å²) in [4.78, 5) is 15.6. The summed E-state index contributed by atoms with van der Waals surface area (Å²) in [5, 5.41) is 7.63. The zero-order valence-electron chi connectivity index (χ0n) is 12.8. The van der Waals surface area contributed by atoms with Crippen LogP contribution in [0.2, 0.25) is 0 Å². The normalized spacial score (nSPS) is 18.9. The molecule has 1 atom stereocenters. The molecule has 1 unspecified atom stereocenters. The van der Waals surface area contributed by atoms with Gasteiger partial charge in [0.05, 0.1) is 0 Å². The molecule has 1 aliphatic rings. The molecule has 3 N–H and O–H groups in total. The molecule has 112 valence electrons. The van der Waals surface area contributed by atoms with E-state index in [0.717, 1.165) is 35.1 Å². The van der Waals surface area contributed by atoms with Gasteiger partial charge in [-0.25, -0.2) is 0 Å². The van der Waals surface area contributed by atoms with Crippen LogP contribution in [0, 0.1) is 13.8 Å². The number of aromatic amines is 1. The molecule has 2 aromatic rings. The first-order valence-corrected chi connectivity index (χ1v) is 7.75. The zero-order chi connectivity index (χ0) is 14.8. The number of aromatic nitrogens is 1. The van der Waals surface area contributed by atoms with Gasteiger partial charge in [0.15, 0.2) is 0 Å². The highest BCUT2D eigenvalue weighted by atomic mass is 16.1. The number of fused-ring (bicyclic) bond motifs is 1. The van der Waals surface area contributed by atoms with Crippen molar-refractivity contribution in [2.24, 2.45) is 0 Å². The van der Waals surface area contributed by atoms with Crippen molar-refractivity contribution in [1.82, 2.24) is 15.6 Å². The first-order valence-electron chi connectivity index (χ1n) is 7.75. The lowest BCUT2D eigenvalue weighted by Gasteiger charge is -2.23. The SMILES string of the molecule is Cc1[nH]c2ccc(C(=O)NCC3CCCCN3)cc2c1C. The fourth-order valence-electron chi connectivity index (χ4n) is 3.02. The van der Waals surface area contributed by atoms with Gasteiger partial charge >= 0.3 is 0 Å². The molecule has 0 spiro atoms. The molecule has 0 aliphatic carbocycles. The van der Waals surface area contributed by atoms with Gasteiger partial charge in [-0.15, -0.1) is 0 Å². The number of carbonyl (C=O) groups excluding carboxylic acids is 1. The molecule has 1 amide bonds. The van der Waals surface area contributed by atoms with Crippen LogP contribution in [-0.2, 0) is 0 Å². The molecule has 0 saturated carbocycles. The summed E-state index contributed by atoms with van der Waals surface area (Å²) in [6.07, 6.45) is 3.64. The van der Waals surface area contributed by atoms with E-state index in [1.54, 1.807) is 0 Å². The van der Waals surface area contributed by atoms with Gasteiger partial charge in [-0.3, -0.25) is 4.79 Å². The predicted octanol–water partition coefficient (Wildman–Crippen LogP) is 2.66. The maximum atomic E-state index is 12.3. The lowest BCUT2D eigenvalue weighted by Crippen LogP contribution is -2.43. The van der Waals surface area contributed by atoms with Crippen LogP contribution in [0.25, 0.3) is 10.9 Å². The molecule has 1 aromatic heterocycles. The third-order valence-corrected chi connectivity index (χ3v) is 4.49. The van der Waals surface area contributed by atoms with Crippen molar-refractivity contribution in [3.8, 4) is 0 Å². The fourth-order valence-corrected chi connectivity index (χ4v) is 3.02. The van der Waals surface area contributed by atoms with Crippen molar-refractivity contribution < 1.29 is 4.79 Å². The lowest BCUT2D eigenvalue weighted by molar-refractivity contribution is 0.0948. The number of aryl methyl sites for hydroxylation is 2. The number of H-pyrrole nitrogens is 1. The number of piperidine rings is 1. The minimum atomic E-state index is 0.0162. The van der Waals surface area contributed by atoms with Gasteiger partial charge in [0.2, 0.25) is 0 Å². The van der Waals surface area contributed by atoms with E-state index in [9.17, 15) is 4.79 Å². The van der Waals surface area contributed by atoms with Crippen molar-refractivity contribution in [1.29, 1.82) is 0 Å². The first-order chi connectivity index (χ1) is 10.1. The maximum Gasteiger partial charge on any atom is 0.251 e. The monoisotopic (exact) mass is 285 g/mol. The van der Waals surface area contributed by atoms with Crippen LogP contribution in [0.1, 0.15) is 40.9 Å². The van der Waals surface area contributed by atoms with E-state index in [0.29, 0.717) is 12.6 Å². The number of hydrogen-bond donors (Lipinski definition) is 3. The van der Waals surface area contributed by atoms with Crippen LogP contribution in [0.15, 0.2) is 18.2 Å². The van der Waals surface area contributed by atoms with E-state index in [-0.39, 0.29) is 5.91 Å². The van der Waals surface area contributed by atoms with Crippen molar-refractivity contribution in [3.05, 3.63) is 35.0 Å². The van der Waals surface area contributed by atoms with Gasteiger partial charge in [0, 0.05) is 34.7 Å². The summed E-state index contributed by atoms with van der Waals surface area (Å²) >= 11 is 0. The van der Waals surface area contributed by atoms with E-state index < -0.39 is 0 Å². The van der Waals surface area contributed by atoms with Gasteiger partial charge in [0.25, 0.3) is 5.91 Å². The summed E-state index contributed by atoms with van der Waals surface area (Å²) < 4.78 is 0. The highest BCUT2D eigenvalue weighted by Gasteiger charge is 2.15. The largest absolute Gasteiger partial charge is 0.358 e. The summed E-state index contributed by atoms with van der Waals surface area (Å²) in [7, 11) is 0. The Morgan fingerprint density at radius 2 is 2.19 bits per heavy atom. The number of rotatable bonds is 3. The van der Waals surface area contributed by atoms with Crippen LogP contribution in [-0.4, -0.2) is 30.0 Å². The molecule has 4 heteroatoms. The smallest absolute Gasteiger partial charge is 0.251 e. The lowest BCUT2D eigenvalue weighted by atomic mass is 10.0. The molecule has 2 heterocycles. The van der Waals surface area contributed by atoms with Crippen LogP contribution >= 0.6 is 0 Å². The Labute approximate surface area is 125 Å². The van der Waals surface area contributed by atoms with Gasteiger partial charge in [-0.1, -0.05) is 6.42 Å². The van der Waals surface area contributed by atoms with E-state index in [1.165, 1.54) is 18.4 Å². The van der Waals surface area contributed by atoms with Gasteiger partial charge in [-0.2, -0.15) is 0 Å². The minimum Gasteiger partial charge on any atom is -0.358 e. The summed E-state index contributed by atoms with van der Waals surface area (Å²) in [6, 6.07) is 6.28. The molecule has 1 saturated heterocycles. The topological polar surface area (TPSA) is 56.9 Å². The summed E-state index contributed by atoms with van der Waals surface area (Å²) in [5.41, 5.74) is 4.21. The van der Waals surface area contributed by atoms with Crippen LogP contribution < -0.4 is 10.6 Å². The number of benzene rings is 1. The predicted molar refractivity (Wildman–Crippen MR) is 85.7 cm³/mol. The Morgan fingerprint density at radius 1 is 1.33 bits per heavy atom. The van der Waals surface area contributed by atoms with E-state index in [4.69, 9.17) is 0 Å². The number of hydrogen-bond acceptors (Lipinski definition) is 2. The Balaban J connectivity index is 1.70. The number of amides is 1. The maximum absolute atomic E-state index is 12.3. The van der Waals surface area contributed by atoms with Gasteiger partial charge in [0.1, 0.15) is 0 Å². The van der Waals surface area contributed by atoms with Gasteiger partial charge in [-0.05, 0) is 57.0 Å². The quantitative estimate of drug-likeness (QED) is 0.812. The van der Waals surface area contributed by atoms with E-state index in [2.05, 4.69) is 29.5 Å². The highest BCUT2D eigenvalue weighted by molar-refractivity contribution is 5.99. The van der Waals surface area contributed by atoms with E-state index in [1.807, 2.05) is 18.2 Å². The van der Waals surface area contributed by atoms with Gasteiger partial charge < -0.3 is 15.6 Å². The molecule has 0 radical (unpaired) electrons. The Kier molecular flexibility index (Phi) is 3.97. The minimum absolute atomic E-state index is 0.0162. The molecule has 1 aliphatic heterocycles. The molecule has 3 rings (SSSR count). The second kappa shape index (κ2) is 5.90. The number of nitrogens with one attached hydrogen (secondary N) is 3. The highest BCUT2D eigenvalue weighted by Crippen LogP contribution is 2.22. The average Bonchev–Trinajstić information content (AvgIpc) is 2.80. The van der Waals surface area contributed by atoms with Crippen molar-refractivity contribution in [2.45, 2.75) is 39.2 Å². The molecule has 0 bridgehead atoms. The molecule has 1 fully saturated rings. The molecule has 1 aromatic carbocycles. The fraction of sp³-hybridized carbons (Fsp3) is 0.471. The Hall–Kier alpha value is -1.81. The molecule has 4 nitrogen and oxygen atoms in total. The van der Waals surface area contributed by atoms with Crippen molar-refractivity contribution in [2.75, 3.05) is 13.1 Å². The summed E-state index contributed by atoms with van der Waals surface area (Å²) in [6.45, 7) is 5.92.